The minimum absolute atomic E-state index is 0.115. The predicted octanol–water partition coefficient (Wildman–Crippen LogP) is 3.29. The lowest BCUT2D eigenvalue weighted by Crippen LogP contribution is -2.26. The number of carbonyl (C=O) groups is 1. The van der Waals surface area contributed by atoms with E-state index in [0.717, 1.165) is 4.88 Å². The Kier molecular flexibility index (Phi) is 6.03. The molecule has 30 heavy (non-hydrogen) atoms. The molecule has 0 spiro atoms. The summed E-state index contributed by atoms with van der Waals surface area (Å²) in [6.07, 6.45) is 0.632. The first-order valence-electron chi connectivity index (χ1n) is 9.34. The van der Waals surface area contributed by atoms with Crippen molar-refractivity contribution >= 4 is 33.0 Å². The molecule has 1 aromatic heterocycles. The van der Waals surface area contributed by atoms with Gasteiger partial charge in [-0.1, -0.05) is 6.07 Å². The predicted molar refractivity (Wildman–Crippen MR) is 115 cm³/mol. The molecule has 3 aromatic rings. The number of anilines is 1. The lowest BCUT2D eigenvalue weighted by atomic mass is 10.2. The molecule has 1 aliphatic heterocycles. The Balaban J connectivity index is 1.38. The second-order valence-electron chi connectivity index (χ2n) is 6.56. The Bertz CT molecular complexity index is 1130. The monoisotopic (exact) mass is 444 g/mol. The minimum Gasteiger partial charge on any atom is -0.486 e. The van der Waals surface area contributed by atoms with Gasteiger partial charge in [0.05, 0.1) is 4.90 Å². The maximum Gasteiger partial charge on any atom is 0.255 e. The largest absolute Gasteiger partial charge is 0.486 e. The summed E-state index contributed by atoms with van der Waals surface area (Å²) < 4.78 is 38.4. The van der Waals surface area contributed by atoms with Crippen molar-refractivity contribution in [3.8, 4) is 11.5 Å². The first-order valence-corrected chi connectivity index (χ1v) is 11.7. The van der Waals surface area contributed by atoms with Crippen LogP contribution in [0.2, 0.25) is 0 Å². The molecule has 4 rings (SSSR count). The Morgan fingerprint density at radius 2 is 1.77 bits per heavy atom. The van der Waals surface area contributed by atoms with Gasteiger partial charge in [0.2, 0.25) is 10.0 Å². The molecule has 7 nitrogen and oxygen atoms in total. The van der Waals surface area contributed by atoms with E-state index in [9.17, 15) is 13.2 Å². The number of amides is 1. The summed E-state index contributed by atoms with van der Waals surface area (Å²) in [5.41, 5.74) is 0.915. The maximum absolute atomic E-state index is 12.5. The van der Waals surface area contributed by atoms with Gasteiger partial charge in [0.25, 0.3) is 5.91 Å². The van der Waals surface area contributed by atoms with E-state index < -0.39 is 10.0 Å². The van der Waals surface area contributed by atoms with Crippen LogP contribution in [0, 0.1) is 0 Å². The van der Waals surface area contributed by atoms with Crippen LogP contribution < -0.4 is 19.5 Å². The Morgan fingerprint density at radius 3 is 2.50 bits per heavy atom. The zero-order valence-electron chi connectivity index (χ0n) is 16.0. The Hall–Kier alpha value is -2.88. The minimum atomic E-state index is -3.63. The molecular formula is C21H20N2O5S2. The summed E-state index contributed by atoms with van der Waals surface area (Å²) >= 11 is 1.59. The highest BCUT2D eigenvalue weighted by atomic mass is 32.2. The number of hydrogen-bond acceptors (Lipinski definition) is 6. The average molecular weight is 445 g/mol. The smallest absolute Gasteiger partial charge is 0.255 e. The van der Waals surface area contributed by atoms with Gasteiger partial charge in [-0.05, 0) is 54.3 Å². The molecule has 0 bridgehead atoms. The van der Waals surface area contributed by atoms with Crippen LogP contribution >= 0.6 is 11.3 Å². The normalized spacial score (nSPS) is 13.1. The molecular weight excluding hydrogens is 424 g/mol. The van der Waals surface area contributed by atoms with Crippen LogP contribution in [0.1, 0.15) is 15.2 Å². The van der Waals surface area contributed by atoms with Crippen molar-refractivity contribution in [2.75, 3.05) is 25.1 Å². The van der Waals surface area contributed by atoms with E-state index in [1.54, 1.807) is 29.5 Å². The number of ether oxygens (including phenoxy) is 2. The van der Waals surface area contributed by atoms with Crippen molar-refractivity contribution in [3.63, 3.8) is 0 Å². The number of carbonyl (C=O) groups excluding carboxylic acids is 1. The maximum atomic E-state index is 12.5. The van der Waals surface area contributed by atoms with Crippen LogP contribution in [0.5, 0.6) is 11.5 Å². The van der Waals surface area contributed by atoms with Gasteiger partial charge in [-0.25, -0.2) is 13.1 Å². The second kappa shape index (κ2) is 8.86. The molecule has 1 aliphatic rings. The van der Waals surface area contributed by atoms with Gasteiger partial charge in [-0.3, -0.25) is 4.79 Å². The van der Waals surface area contributed by atoms with Crippen LogP contribution in [0.15, 0.2) is 64.9 Å². The number of fused-ring (bicyclic) bond motifs is 1. The van der Waals surface area contributed by atoms with Crippen molar-refractivity contribution in [3.05, 3.63) is 70.4 Å². The summed E-state index contributed by atoms with van der Waals surface area (Å²) in [7, 11) is -3.63. The lowest BCUT2D eigenvalue weighted by molar-refractivity contribution is 0.102. The zero-order chi connectivity index (χ0) is 21.0. The number of thiophene rings is 1. The molecule has 9 heteroatoms. The first kappa shape index (κ1) is 20.4. The quantitative estimate of drug-likeness (QED) is 0.583. The van der Waals surface area contributed by atoms with Crippen LogP contribution in [0.4, 0.5) is 5.69 Å². The third-order valence-electron chi connectivity index (χ3n) is 4.47. The van der Waals surface area contributed by atoms with E-state index in [2.05, 4.69) is 10.0 Å². The van der Waals surface area contributed by atoms with E-state index in [-0.39, 0.29) is 10.8 Å². The van der Waals surface area contributed by atoms with Gasteiger partial charge >= 0.3 is 0 Å². The molecule has 0 fully saturated rings. The molecule has 2 N–H and O–H groups in total. The summed E-state index contributed by atoms with van der Waals surface area (Å²) in [4.78, 5) is 13.7. The number of sulfonamides is 1. The van der Waals surface area contributed by atoms with Crippen molar-refractivity contribution in [1.29, 1.82) is 0 Å². The van der Waals surface area contributed by atoms with Gasteiger partial charge in [0.15, 0.2) is 11.5 Å². The van der Waals surface area contributed by atoms with Crippen molar-refractivity contribution in [2.24, 2.45) is 0 Å². The number of rotatable bonds is 7. The summed E-state index contributed by atoms with van der Waals surface area (Å²) in [6.45, 7) is 1.27. The van der Waals surface area contributed by atoms with Crippen LogP contribution in [0.25, 0.3) is 0 Å². The molecule has 2 aromatic carbocycles. The topological polar surface area (TPSA) is 93.7 Å². The molecule has 156 valence electrons. The fraction of sp³-hybridized carbons (Fsp3) is 0.190. The second-order valence-corrected chi connectivity index (χ2v) is 9.36. The third-order valence-corrected chi connectivity index (χ3v) is 6.88. The first-order chi connectivity index (χ1) is 14.5. The number of nitrogens with one attached hydrogen (secondary N) is 2. The summed E-state index contributed by atoms with van der Waals surface area (Å²) in [5.74, 6) is 0.871. The Labute approximate surface area is 178 Å². The van der Waals surface area contributed by atoms with Crippen molar-refractivity contribution in [2.45, 2.75) is 11.3 Å². The molecule has 2 heterocycles. The van der Waals surface area contributed by atoms with Crippen molar-refractivity contribution < 1.29 is 22.7 Å². The highest BCUT2D eigenvalue weighted by Gasteiger charge is 2.16. The number of hydrogen-bond donors (Lipinski definition) is 2. The van der Waals surface area contributed by atoms with E-state index in [0.29, 0.717) is 48.9 Å². The molecule has 1 amide bonds. The molecule has 0 saturated carbocycles. The fourth-order valence-electron chi connectivity index (χ4n) is 2.96. The van der Waals surface area contributed by atoms with E-state index in [1.807, 2.05) is 17.5 Å². The number of benzene rings is 2. The molecule has 0 aliphatic carbocycles. The van der Waals surface area contributed by atoms with Gasteiger partial charge in [-0.2, -0.15) is 0 Å². The molecule has 0 saturated heterocycles. The lowest BCUT2D eigenvalue weighted by Gasteiger charge is -2.19. The van der Waals surface area contributed by atoms with Crippen molar-refractivity contribution in [1.82, 2.24) is 4.72 Å². The van der Waals surface area contributed by atoms with Crippen LogP contribution in [-0.4, -0.2) is 34.1 Å². The van der Waals surface area contributed by atoms with Gasteiger partial charge < -0.3 is 14.8 Å². The summed E-state index contributed by atoms with van der Waals surface area (Å²) in [5, 5.41) is 4.73. The summed E-state index contributed by atoms with van der Waals surface area (Å²) in [6, 6.07) is 14.9. The van der Waals surface area contributed by atoms with Gasteiger partial charge in [0.1, 0.15) is 13.2 Å². The van der Waals surface area contributed by atoms with Gasteiger partial charge in [-0.15, -0.1) is 11.3 Å². The molecule has 0 atom stereocenters. The fourth-order valence-corrected chi connectivity index (χ4v) is 4.70. The zero-order valence-corrected chi connectivity index (χ0v) is 17.6. The Morgan fingerprint density at radius 1 is 1.00 bits per heavy atom. The standard InChI is InChI=1S/C21H20N2O5S2/c24-21(23-16-5-8-19-20(14-16)28-12-11-27-19)15-3-6-18(7-4-15)30(25,26)22-10-9-17-2-1-13-29-17/h1-8,13-14,22H,9-12H2,(H,23,24). The van der Waals surface area contributed by atoms with E-state index >= 15 is 0 Å². The molecule has 0 radical (unpaired) electrons. The SMILES string of the molecule is O=C(Nc1ccc2c(c1)OCCO2)c1ccc(S(=O)(=O)NCCc2cccs2)cc1. The third kappa shape index (κ3) is 4.81. The average Bonchev–Trinajstić information content (AvgIpc) is 3.27. The van der Waals surface area contributed by atoms with Crippen LogP contribution in [-0.2, 0) is 16.4 Å². The van der Waals surface area contributed by atoms with E-state index in [1.165, 1.54) is 24.3 Å². The highest BCUT2D eigenvalue weighted by molar-refractivity contribution is 7.89. The molecule has 0 unspecified atom stereocenters. The van der Waals surface area contributed by atoms with Gasteiger partial charge in [0, 0.05) is 28.7 Å². The van der Waals surface area contributed by atoms with Crippen LogP contribution in [0.3, 0.4) is 0 Å². The van der Waals surface area contributed by atoms with E-state index in [4.69, 9.17) is 9.47 Å². The highest BCUT2D eigenvalue weighted by Crippen LogP contribution is 2.32.